The lowest BCUT2D eigenvalue weighted by molar-refractivity contribution is -0.141. The molecular formula is C24H27N3O4S2. The monoisotopic (exact) mass is 485 g/mol. The molecule has 33 heavy (non-hydrogen) atoms. The first-order valence-electron chi connectivity index (χ1n) is 11.0. The molecule has 1 N–H and O–H groups in total. The number of hydrogen-bond acceptors (Lipinski definition) is 7. The average Bonchev–Trinajstić information content (AvgIpc) is 3.40. The molecule has 0 atom stereocenters. The van der Waals surface area contributed by atoms with Gasteiger partial charge >= 0.3 is 5.97 Å². The first kappa shape index (κ1) is 23.5. The van der Waals surface area contributed by atoms with Crippen LogP contribution in [-0.4, -0.2) is 46.2 Å². The number of aryl methyl sites for hydroxylation is 2. The van der Waals surface area contributed by atoms with Gasteiger partial charge in [0, 0.05) is 30.1 Å². The lowest BCUT2D eigenvalue weighted by Crippen LogP contribution is -2.33. The lowest BCUT2D eigenvalue weighted by Gasteiger charge is -2.22. The van der Waals surface area contributed by atoms with Crippen LogP contribution < -0.4 is 5.56 Å². The van der Waals surface area contributed by atoms with E-state index in [4.69, 9.17) is 4.74 Å². The van der Waals surface area contributed by atoms with Crippen LogP contribution >= 0.6 is 23.1 Å². The predicted molar refractivity (Wildman–Crippen MR) is 132 cm³/mol. The maximum Gasteiger partial charge on any atom is 0.307 e. The zero-order chi connectivity index (χ0) is 23.2. The summed E-state index contributed by atoms with van der Waals surface area (Å²) in [7, 11) is 1.35. The Labute approximate surface area is 200 Å². The number of H-pyrrole nitrogens is 1. The number of carbonyl (C=O) groups is 2. The number of thiophene rings is 1. The Morgan fingerprint density at radius 1 is 1.21 bits per heavy atom. The van der Waals surface area contributed by atoms with Crippen molar-refractivity contribution < 1.29 is 14.3 Å². The summed E-state index contributed by atoms with van der Waals surface area (Å²) in [5.74, 6) is 1.45. The van der Waals surface area contributed by atoms with Crippen LogP contribution in [0.2, 0.25) is 0 Å². The quantitative estimate of drug-likeness (QED) is 0.348. The molecule has 0 bridgehead atoms. The Balaban J connectivity index is 1.32. The Hall–Kier alpha value is -2.65. The molecule has 2 heterocycles. The van der Waals surface area contributed by atoms with Crippen LogP contribution in [0.1, 0.15) is 41.1 Å². The average molecular weight is 486 g/mol. The molecule has 0 saturated carbocycles. The van der Waals surface area contributed by atoms with Crippen molar-refractivity contribution in [3.63, 3.8) is 0 Å². The molecule has 1 amide bonds. The van der Waals surface area contributed by atoms with Gasteiger partial charge in [-0.3, -0.25) is 14.4 Å². The van der Waals surface area contributed by atoms with Crippen molar-refractivity contribution in [3.8, 4) is 0 Å². The SMILES string of the molecule is COC(=O)CCN(Cc1ccccc1)C(=O)CCSCc1nc2sc3c(c2c(=O)[nH]1)CCC3. The smallest absolute Gasteiger partial charge is 0.307 e. The maximum absolute atomic E-state index is 12.9. The molecule has 0 spiro atoms. The molecule has 0 radical (unpaired) electrons. The number of aromatic amines is 1. The number of esters is 1. The summed E-state index contributed by atoms with van der Waals surface area (Å²) in [6.07, 6.45) is 3.63. The summed E-state index contributed by atoms with van der Waals surface area (Å²) in [6, 6.07) is 9.72. The molecule has 174 valence electrons. The van der Waals surface area contributed by atoms with E-state index in [1.807, 2.05) is 30.3 Å². The summed E-state index contributed by atoms with van der Waals surface area (Å²) < 4.78 is 4.72. The highest BCUT2D eigenvalue weighted by molar-refractivity contribution is 7.98. The minimum absolute atomic E-state index is 0.0122. The molecule has 1 aliphatic rings. The Morgan fingerprint density at radius 2 is 2.03 bits per heavy atom. The first-order valence-corrected chi connectivity index (χ1v) is 13.0. The number of amides is 1. The number of carbonyl (C=O) groups excluding carboxylic acids is 2. The fraction of sp³-hybridized carbons (Fsp3) is 0.417. The number of nitrogens with zero attached hydrogens (tertiary/aromatic N) is 2. The second kappa shape index (κ2) is 11.0. The molecule has 3 aromatic rings. The van der Waals surface area contributed by atoms with E-state index < -0.39 is 0 Å². The zero-order valence-corrected chi connectivity index (χ0v) is 20.2. The van der Waals surface area contributed by atoms with Crippen molar-refractivity contribution in [2.75, 3.05) is 19.4 Å². The van der Waals surface area contributed by atoms with Crippen molar-refractivity contribution in [3.05, 3.63) is 62.5 Å². The van der Waals surface area contributed by atoms with Gasteiger partial charge in [-0.25, -0.2) is 4.98 Å². The second-order valence-corrected chi connectivity index (χ2v) is 10.2. The van der Waals surface area contributed by atoms with E-state index in [2.05, 4.69) is 9.97 Å². The number of fused-ring (bicyclic) bond motifs is 3. The maximum atomic E-state index is 12.9. The number of hydrogen-bond donors (Lipinski definition) is 1. The van der Waals surface area contributed by atoms with Crippen molar-refractivity contribution in [1.29, 1.82) is 0 Å². The summed E-state index contributed by atoms with van der Waals surface area (Å²) in [5.41, 5.74) is 2.14. The Bertz CT molecular complexity index is 1190. The van der Waals surface area contributed by atoms with E-state index in [0.29, 0.717) is 36.8 Å². The number of rotatable bonds is 10. The van der Waals surface area contributed by atoms with Gasteiger partial charge in [0.05, 0.1) is 24.7 Å². The number of ether oxygens (including phenoxy) is 1. The lowest BCUT2D eigenvalue weighted by atomic mass is 10.2. The normalized spacial score (nSPS) is 12.6. The van der Waals surface area contributed by atoms with Crippen LogP contribution in [-0.2, 0) is 39.5 Å². The summed E-state index contributed by atoms with van der Waals surface area (Å²) >= 11 is 3.20. The van der Waals surface area contributed by atoms with Gasteiger partial charge in [0.15, 0.2) is 0 Å². The van der Waals surface area contributed by atoms with Crippen molar-refractivity contribution in [2.45, 2.75) is 44.4 Å². The topological polar surface area (TPSA) is 92.4 Å². The van der Waals surface area contributed by atoms with Gasteiger partial charge in [0.1, 0.15) is 10.7 Å². The van der Waals surface area contributed by atoms with Gasteiger partial charge in [-0.2, -0.15) is 11.8 Å². The fourth-order valence-corrected chi connectivity index (χ4v) is 6.10. The highest BCUT2D eigenvalue weighted by Gasteiger charge is 2.21. The molecule has 2 aromatic heterocycles. The van der Waals surface area contributed by atoms with E-state index >= 15 is 0 Å². The molecule has 1 aliphatic carbocycles. The van der Waals surface area contributed by atoms with Gasteiger partial charge in [0.2, 0.25) is 5.91 Å². The van der Waals surface area contributed by atoms with Crippen molar-refractivity contribution in [2.24, 2.45) is 0 Å². The molecular weight excluding hydrogens is 458 g/mol. The molecule has 9 heteroatoms. The van der Waals surface area contributed by atoms with Crippen LogP contribution in [0.5, 0.6) is 0 Å². The second-order valence-electron chi connectivity index (χ2n) is 7.98. The van der Waals surface area contributed by atoms with Gasteiger partial charge in [-0.15, -0.1) is 11.3 Å². The van der Waals surface area contributed by atoms with Crippen LogP contribution in [0.15, 0.2) is 35.1 Å². The van der Waals surface area contributed by atoms with E-state index in [1.54, 1.807) is 28.0 Å². The van der Waals surface area contributed by atoms with Crippen molar-refractivity contribution in [1.82, 2.24) is 14.9 Å². The highest BCUT2D eigenvalue weighted by atomic mass is 32.2. The predicted octanol–water partition coefficient (Wildman–Crippen LogP) is 3.69. The number of thioether (sulfide) groups is 1. The van der Waals surface area contributed by atoms with E-state index in [1.165, 1.54) is 17.6 Å². The third-order valence-corrected chi connectivity index (χ3v) is 7.86. The molecule has 7 nitrogen and oxygen atoms in total. The van der Waals surface area contributed by atoms with Gasteiger partial charge in [0.25, 0.3) is 5.56 Å². The Kier molecular flexibility index (Phi) is 7.82. The molecule has 0 fully saturated rings. The number of aromatic nitrogens is 2. The zero-order valence-electron chi connectivity index (χ0n) is 18.6. The van der Waals surface area contributed by atoms with Crippen LogP contribution in [0.25, 0.3) is 10.2 Å². The fourth-order valence-electron chi connectivity index (χ4n) is 4.03. The summed E-state index contributed by atoms with van der Waals surface area (Å²) in [6.45, 7) is 0.773. The van der Waals surface area contributed by atoms with Gasteiger partial charge < -0.3 is 14.6 Å². The van der Waals surface area contributed by atoms with Crippen LogP contribution in [0.3, 0.4) is 0 Å². The van der Waals surface area contributed by atoms with Gasteiger partial charge in [-0.1, -0.05) is 30.3 Å². The Morgan fingerprint density at radius 3 is 2.82 bits per heavy atom. The number of benzene rings is 1. The standard InChI is InChI=1S/C24H27N3O4S2/c1-31-21(29)10-12-27(14-16-6-3-2-4-7-16)20(28)11-13-32-15-19-25-23(30)22-17-8-5-9-18(17)33-24(22)26-19/h2-4,6-7H,5,8-15H2,1H3,(H,25,26,30). The van der Waals surface area contributed by atoms with E-state index in [9.17, 15) is 14.4 Å². The van der Waals surface area contributed by atoms with Crippen LogP contribution in [0.4, 0.5) is 0 Å². The number of methoxy groups -OCH3 is 1. The molecule has 0 aliphatic heterocycles. The first-order chi connectivity index (χ1) is 16.0. The molecule has 0 unspecified atom stereocenters. The van der Waals surface area contributed by atoms with Crippen molar-refractivity contribution >= 4 is 45.2 Å². The minimum atomic E-state index is -0.333. The van der Waals surface area contributed by atoms with Gasteiger partial charge in [-0.05, 0) is 30.4 Å². The third-order valence-electron chi connectivity index (χ3n) is 5.71. The molecule has 1 aromatic carbocycles. The van der Waals surface area contributed by atoms with E-state index in [0.717, 1.165) is 35.0 Å². The highest BCUT2D eigenvalue weighted by Crippen LogP contribution is 2.34. The minimum Gasteiger partial charge on any atom is -0.469 e. The number of nitrogens with one attached hydrogen (secondary N) is 1. The summed E-state index contributed by atoms with van der Waals surface area (Å²) in [4.78, 5) is 48.4. The summed E-state index contributed by atoms with van der Waals surface area (Å²) in [5, 5.41) is 0.763. The van der Waals surface area contributed by atoms with Crippen LogP contribution in [0, 0.1) is 0 Å². The van der Waals surface area contributed by atoms with E-state index in [-0.39, 0.29) is 23.9 Å². The molecule has 0 saturated heterocycles. The largest absolute Gasteiger partial charge is 0.469 e. The third kappa shape index (κ3) is 5.83. The molecule has 4 rings (SSSR count).